The van der Waals surface area contributed by atoms with Crippen LogP contribution in [0.4, 0.5) is 0 Å². The van der Waals surface area contributed by atoms with Crippen molar-refractivity contribution in [2.45, 2.75) is 156 Å². The lowest BCUT2D eigenvalue weighted by molar-refractivity contribution is -0.142. The normalized spacial score (nSPS) is 16.0. The molecule has 1 aliphatic rings. The zero-order chi connectivity index (χ0) is 37.6. The maximum absolute atomic E-state index is 13.1. The summed E-state index contributed by atoms with van der Waals surface area (Å²) >= 11 is 0. The molecular weight excluding hydrogens is 644 g/mol. The largest absolute Gasteiger partial charge is 0.480 e. The summed E-state index contributed by atoms with van der Waals surface area (Å²) in [5.41, 5.74) is 0. The molecule has 0 bridgehead atoms. The third-order valence-electron chi connectivity index (χ3n) is 8.94. The van der Waals surface area contributed by atoms with Crippen molar-refractivity contribution in [2.24, 2.45) is 11.8 Å². The average Bonchev–Trinajstić information content (AvgIpc) is 3.55. The molecule has 50 heavy (non-hydrogen) atoms. The fourth-order valence-corrected chi connectivity index (χ4v) is 5.96. The quantitative estimate of drug-likeness (QED) is 0.0777. The van der Waals surface area contributed by atoms with Crippen LogP contribution in [0.1, 0.15) is 131 Å². The summed E-state index contributed by atoms with van der Waals surface area (Å²) in [6, 6.07) is -3.70. The monoisotopic (exact) mass is 708 g/mol. The summed E-state index contributed by atoms with van der Waals surface area (Å²) < 4.78 is 0. The van der Waals surface area contributed by atoms with Crippen LogP contribution in [0.3, 0.4) is 0 Å². The molecule has 0 saturated carbocycles. The van der Waals surface area contributed by atoms with E-state index in [1.54, 1.807) is 27.7 Å². The first-order valence-electron chi connectivity index (χ1n) is 18.7. The summed E-state index contributed by atoms with van der Waals surface area (Å²) in [5.74, 6) is -4.79. The number of rotatable bonds is 25. The van der Waals surface area contributed by atoms with Crippen LogP contribution >= 0.6 is 0 Å². The summed E-state index contributed by atoms with van der Waals surface area (Å²) in [7, 11) is 0. The number of unbranched alkanes of at least 4 members (excludes halogenated alkanes) is 10. The van der Waals surface area contributed by atoms with Crippen LogP contribution in [-0.2, 0) is 33.6 Å². The topological polar surface area (TPSA) is 203 Å². The molecule has 0 radical (unpaired) electrons. The molecule has 14 nitrogen and oxygen atoms in total. The van der Waals surface area contributed by atoms with Crippen molar-refractivity contribution < 1.29 is 38.7 Å². The zero-order valence-corrected chi connectivity index (χ0v) is 31.2. The fraction of sp³-hybridized carbons (Fsp3) is 0.806. The Hall–Kier alpha value is -3.71. The van der Waals surface area contributed by atoms with Gasteiger partial charge < -0.3 is 36.6 Å². The van der Waals surface area contributed by atoms with Crippen molar-refractivity contribution in [1.82, 2.24) is 31.5 Å². The Morgan fingerprint density at radius 2 is 1.18 bits per heavy atom. The Kier molecular flexibility index (Phi) is 21.7. The molecule has 0 unspecified atom stereocenters. The Morgan fingerprint density at radius 3 is 1.72 bits per heavy atom. The van der Waals surface area contributed by atoms with Gasteiger partial charge in [-0.25, -0.2) is 0 Å². The summed E-state index contributed by atoms with van der Waals surface area (Å²) in [5, 5.41) is 21.7. The fourth-order valence-electron chi connectivity index (χ4n) is 5.96. The number of carboxylic acid groups (broad SMARTS) is 1. The van der Waals surface area contributed by atoms with Gasteiger partial charge in [-0.15, -0.1) is 0 Å². The Morgan fingerprint density at radius 1 is 0.660 bits per heavy atom. The molecule has 1 fully saturated rings. The van der Waals surface area contributed by atoms with Gasteiger partial charge in [0.05, 0.1) is 6.54 Å². The Labute approximate surface area is 298 Å². The van der Waals surface area contributed by atoms with Gasteiger partial charge in [-0.3, -0.25) is 33.6 Å². The predicted molar refractivity (Wildman–Crippen MR) is 191 cm³/mol. The van der Waals surface area contributed by atoms with Crippen LogP contribution in [0, 0.1) is 11.8 Å². The van der Waals surface area contributed by atoms with E-state index in [-0.39, 0.29) is 24.3 Å². The molecule has 0 aliphatic carbocycles. The van der Waals surface area contributed by atoms with Gasteiger partial charge in [0.25, 0.3) is 0 Å². The molecule has 1 aliphatic heterocycles. The number of hydrogen-bond acceptors (Lipinski definition) is 7. The number of carbonyl (C=O) groups excluding carboxylic acids is 6. The lowest BCUT2D eigenvalue weighted by Crippen LogP contribution is -2.58. The molecule has 1 rings (SSSR count). The number of nitrogens with zero attached hydrogens (tertiary/aromatic N) is 1. The van der Waals surface area contributed by atoms with Crippen LogP contribution in [-0.4, -0.2) is 95.2 Å². The molecule has 0 aromatic rings. The first-order valence-corrected chi connectivity index (χ1v) is 18.7. The molecular formula is C36H64N6O8. The second kappa shape index (κ2) is 24.4. The van der Waals surface area contributed by atoms with Gasteiger partial charge in [0.2, 0.25) is 35.4 Å². The van der Waals surface area contributed by atoms with E-state index in [2.05, 4.69) is 33.5 Å². The van der Waals surface area contributed by atoms with Crippen LogP contribution in [0.15, 0.2) is 0 Å². The highest BCUT2D eigenvalue weighted by Crippen LogP contribution is 2.19. The third kappa shape index (κ3) is 17.3. The number of likely N-dealkylation sites (tertiary alicyclic amines) is 1. The Balaban J connectivity index is 2.52. The van der Waals surface area contributed by atoms with Gasteiger partial charge >= 0.3 is 5.97 Å². The van der Waals surface area contributed by atoms with E-state index < -0.39 is 72.8 Å². The van der Waals surface area contributed by atoms with Crippen LogP contribution in [0.2, 0.25) is 0 Å². The molecule has 4 atom stereocenters. The smallest absolute Gasteiger partial charge is 0.322 e. The first-order chi connectivity index (χ1) is 23.7. The first kappa shape index (κ1) is 44.3. The molecule has 0 aromatic carbocycles. The van der Waals surface area contributed by atoms with Gasteiger partial charge in [0.1, 0.15) is 30.7 Å². The highest BCUT2D eigenvalue weighted by Gasteiger charge is 2.37. The molecule has 6 amide bonds. The zero-order valence-electron chi connectivity index (χ0n) is 31.2. The van der Waals surface area contributed by atoms with Gasteiger partial charge in [0.15, 0.2) is 0 Å². The third-order valence-corrected chi connectivity index (χ3v) is 8.94. The molecule has 14 heteroatoms. The van der Waals surface area contributed by atoms with Crippen molar-refractivity contribution in [1.29, 1.82) is 0 Å². The summed E-state index contributed by atoms with van der Waals surface area (Å²) in [6.07, 6.45) is 14.2. The lowest BCUT2D eigenvalue weighted by atomic mass is 10.0. The molecule has 0 aromatic heterocycles. The number of hydrogen-bond donors (Lipinski definition) is 6. The van der Waals surface area contributed by atoms with E-state index in [0.29, 0.717) is 19.3 Å². The van der Waals surface area contributed by atoms with Gasteiger partial charge in [-0.1, -0.05) is 98.8 Å². The van der Waals surface area contributed by atoms with Crippen LogP contribution in [0.25, 0.3) is 0 Å². The molecule has 1 saturated heterocycles. The maximum Gasteiger partial charge on any atom is 0.322 e. The number of nitrogens with one attached hydrogen (secondary N) is 5. The van der Waals surface area contributed by atoms with E-state index >= 15 is 0 Å². The molecule has 0 spiro atoms. The number of carboxylic acids is 1. The SMILES string of the molecule is CCCCCCCCCCCCCC(=O)N[C@H](C(=O)NCC(=O)N[C@H](C(=O)N[C@@H](C)C(=O)N1CCC[C@H]1C(=O)NCC(=O)O)C(C)C)C(C)C. The summed E-state index contributed by atoms with van der Waals surface area (Å²) in [6.45, 7) is 10.1. The highest BCUT2D eigenvalue weighted by atomic mass is 16.4. The maximum atomic E-state index is 13.1. The van der Waals surface area contributed by atoms with Gasteiger partial charge in [-0.2, -0.15) is 0 Å². The van der Waals surface area contributed by atoms with Crippen molar-refractivity contribution in [2.75, 3.05) is 19.6 Å². The minimum atomic E-state index is -1.20. The lowest BCUT2D eigenvalue weighted by Gasteiger charge is -2.29. The number of carbonyl (C=O) groups is 7. The minimum absolute atomic E-state index is 0.208. The average molecular weight is 709 g/mol. The second-order valence-electron chi connectivity index (χ2n) is 14.1. The summed E-state index contributed by atoms with van der Waals surface area (Å²) in [4.78, 5) is 89.2. The standard InChI is InChI=1S/C36H64N6O8/c1-7-8-9-10-11-12-13-14-15-16-17-20-28(43)40-31(24(2)3)34(48)37-22-29(44)41-32(25(4)5)35(49)39-26(6)36(50)42-21-18-19-27(42)33(47)38-23-30(45)46/h24-27,31-32H,7-23H2,1-6H3,(H,37,48)(H,38,47)(H,39,49)(H,40,43)(H,41,44)(H,45,46)/t26-,27-,31-,32-/m0/s1. The number of amides is 6. The van der Waals surface area contributed by atoms with E-state index in [1.165, 1.54) is 63.2 Å². The van der Waals surface area contributed by atoms with Crippen molar-refractivity contribution in [3.8, 4) is 0 Å². The van der Waals surface area contributed by atoms with E-state index in [4.69, 9.17) is 5.11 Å². The molecule has 6 N–H and O–H groups in total. The van der Waals surface area contributed by atoms with E-state index in [1.807, 2.05) is 0 Å². The van der Waals surface area contributed by atoms with Gasteiger partial charge in [0, 0.05) is 13.0 Å². The van der Waals surface area contributed by atoms with E-state index in [9.17, 15) is 33.6 Å². The predicted octanol–water partition coefficient (Wildman–Crippen LogP) is 2.78. The molecule has 1 heterocycles. The molecule has 286 valence electrons. The minimum Gasteiger partial charge on any atom is -0.480 e. The van der Waals surface area contributed by atoms with Crippen LogP contribution in [0.5, 0.6) is 0 Å². The highest BCUT2D eigenvalue weighted by molar-refractivity contribution is 5.96. The number of aliphatic carboxylic acids is 1. The van der Waals surface area contributed by atoms with Crippen molar-refractivity contribution in [3.05, 3.63) is 0 Å². The van der Waals surface area contributed by atoms with Crippen LogP contribution < -0.4 is 26.6 Å². The Bertz CT molecular complexity index is 1110. The van der Waals surface area contributed by atoms with Crippen molar-refractivity contribution >= 4 is 41.4 Å². The van der Waals surface area contributed by atoms with Crippen molar-refractivity contribution in [3.63, 3.8) is 0 Å². The second-order valence-corrected chi connectivity index (χ2v) is 14.1. The van der Waals surface area contributed by atoms with E-state index in [0.717, 1.165) is 19.3 Å². The van der Waals surface area contributed by atoms with Gasteiger partial charge in [-0.05, 0) is 38.0 Å².